The number of hydrogen-bond acceptors (Lipinski definition) is 7. The lowest BCUT2D eigenvalue weighted by molar-refractivity contribution is -0.119. The van der Waals surface area contributed by atoms with Gasteiger partial charge in [-0.1, -0.05) is 6.07 Å². The molecule has 0 spiro atoms. The Hall–Kier alpha value is -5.32. The van der Waals surface area contributed by atoms with Crippen molar-refractivity contribution in [3.8, 4) is 11.4 Å². The zero-order valence-electron chi connectivity index (χ0n) is 20.0. The number of nitrogens with zero attached hydrogens (tertiary/aromatic N) is 4. The Labute approximate surface area is 216 Å². The van der Waals surface area contributed by atoms with E-state index in [1.54, 1.807) is 71.9 Å². The molecule has 5 aromatic rings. The molecule has 10 nitrogen and oxygen atoms in total. The van der Waals surface area contributed by atoms with Crippen LogP contribution in [0.25, 0.3) is 22.3 Å². The van der Waals surface area contributed by atoms with Gasteiger partial charge in [0, 0.05) is 34.5 Å². The monoisotopic (exact) mass is 510 g/mol. The first kappa shape index (κ1) is 24.4. The molecule has 38 heavy (non-hydrogen) atoms. The number of rotatable bonds is 8. The Morgan fingerprint density at radius 3 is 2.53 bits per heavy atom. The third kappa shape index (κ3) is 5.26. The Bertz CT molecular complexity index is 1610. The number of fused-ring (bicyclic) bond motifs is 1. The minimum Gasteiger partial charge on any atom is -0.368 e. The second-order valence-corrected chi connectivity index (χ2v) is 8.49. The Balaban J connectivity index is 1.39. The summed E-state index contributed by atoms with van der Waals surface area (Å²) in [6.45, 7) is -0.0185. The smallest absolute Gasteiger partial charge is 0.252 e. The van der Waals surface area contributed by atoms with Crippen LogP contribution in [0.3, 0.4) is 0 Å². The molecule has 1 atom stereocenters. The van der Waals surface area contributed by atoms with Crippen LogP contribution in [0.15, 0.2) is 85.2 Å². The van der Waals surface area contributed by atoms with Crippen molar-refractivity contribution in [2.45, 2.75) is 6.04 Å². The van der Waals surface area contributed by atoms with E-state index >= 15 is 0 Å². The van der Waals surface area contributed by atoms with Crippen LogP contribution < -0.4 is 21.7 Å². The summed E-state index contributed by atoms with van der Waals surface area (Å²) >= 11 is 0. The molecule has 0 fully saturated rings. The number of primary amides is 1. The molecule has 11 heteroatoms. The van der Waals surface area contributed by atoms with Gasteiger partial charge in [-0.2, -0.15) is 0 Å². The standard InChI is InChI=1S/C27H23FN8O2/c28-18-5-7-19(8-6-18)36(24-3-1-2-11-31-24)15-23(25(29)37)34-26(38)16-4-9-20-17(13-16)14-22(33-20)21-10-12-32-27(30)35-21/h1-14,23,33H,15H2,(H2,29,37)(H,34,38)(H2,30,32,35). The van der Waals surface area contributed by atoms with Crippen molar-refractivity contribution in [3.05, 3.63) is 96.6 Å². The molecule has 0 bridgehead atoms. The van der Waals surface area contributed by atoms with E-state index in [2.05, 4.69) is 25.3 Å². The SMILES string of the molecule is NC(=O)C(CN(c1ccc(F)cc1)c1ccccn1)NC(=O)c1ccc2[nH]c(-c3ccnc(N)n3)cc2c1. The normalized spacial score (nSPS) is 11.7. The second kappa shape index (κ2) is 10.3. The molecule has 0 aliphatic heterocycles. The van der Waals surface area contributed by atoms with Gasteiger partial charge < -0.3 is 26.7 Å². The summed E-state index contributed by atoms with van der Waals surface area (Å²) < 4.78 is 13.6. The van der Waals surface area contributed by atoms with E-state index in [1.807, 2.05) is 6.07 Å². The van der Waals surface area contributed by atoms with Crippen molar-refractivity contribution in [2.75, 3.05) is 17.2 Å². The van der Waals surface area contributed by atoms with Crippen LogP contribution in [0.2, 0.25) is 0 Å². The molecular weight excluding hydrogens is 487 g/mol. The fourth-order valence-corrected chi connectivity index (χ4v) is 4.03. The lowest BCUT2D eigenvalue weighted by Gasteiger charge is -2.28. The third-order valence-corrected chi connectivity index (χ3v) is 5.91. The molecule has 0 aliphatic rings. The molecule has 0 saturated carbocycles. The van der Waals surface area contributed by atoms with Gasteiger partial charge in [-0.15, -0.1) is 0 Å². The number of nitrogen functional groups attached to an aromatic ring is 1. The number of aromatic nitrogens is 4. The first-order valence-electron chi connectivity index (χ1n) is 11.6. The van der Waals surface area contributed by atoms with E-state index in [1.165, 1.54) is 12.1 Å². The van der Waals surface area contributed by atoms with Crippen LogP contribution in [-0.2, 0) is 4.79 Å². The summed E-state index contributed by atoms with van der Waals surface area (Å²) in [6.07, 6.45) is 3.16. The zero-order chi connectivity index (χ0) is 26.6. The minimum absolute atomic E-state index is 0.0185. The summed E-state index contributed by atoms with van der Waals surface area (Å²) in [5, 5.41) is 3.49. The molecular formula is C27H23FN8O2. The van der Waals surface area contributed by atoms with Gasteiger partial charge in [-0.25, -0.2) is 19.3 Å². The number of benzene rings is 2. The number of amides is 2. The fourth-order valence-electron chi connectivity index (χ4n) is 4.03. The van der Waals surface area contributed by atoms with Gasteiger partial charge in [-0.3, -0.25) is 9.59 Å². The molecule has 0 aliphatic carbocycles. The van der Waals surface area contributed by atoms with Crippen molar-refractivity contribution >= 4 is 40.2 Å². The predicted molar refractivity (Wildman–Crippen MR) is 142 cm³/mol. The third-order valence-electron chi connectivity index (χ3n) is 5.91. The average molecular weight is 511 g/mol. The molecule has 6 N–H and O–H groups in total. The van der Waals surface area contributed by atoms with Gasteiger partial charge in [0.05, 0.1) is 17.9 Å². The number of H-pyrrole nitrogens is 1. The topological polar surface area (TPSA) is 156 Å². The number of aromatic amines is 1. The van der Waals surface area contributed by atoms with Crippen LogP contribution in [0.1, 0.15) is 10.4 Å². The van der Waals surface area contributed by atoms with Gasteiger partial charge in [0.2, 0.25) is 11.9 Å². The van der Waals surface area contributed by atoms with Gasteiger partial charge in [-0.05, 0) is 66.7 Å². The predicted octanol–water partition coefficient (Wildman–Crippen LogP) is 3.16. The summed E-state index contributed by atoms with van der Waals surface area (Å²) in [5.74, 6) is -0.955. The average Bonchev–Trinajstić information content (AvgIpc) is 3.35. The molecule has 3 heterocycles. The lowest BCUT2D eigenvalue weighted by Crippen LogP contribution is -2.50. The van der Waals surface area contributed by atoms with E-state index in [-0.39, 0.29) is 12.5 Å². The highest BCUT2D eigenvalue weighted by molar-refractivity contribution is 6.01. The van der Waals surface area contributed by atoms with E-state index in [9.17, 15) is 14.0 Å². The highest BCUT2D eigenvalue weighted by atomic mass is 19.1. The molecule has 3 aromatic heterocycles. The molecule has 1 unspecified atom stereocenters. The summed E-state index contributed by atoms with van der Waals surface area (Å²) in [4.78, 5) is 42.9. The van der Waals surface area contributed by atoms with E-state index in [0.717, 1.165) is 10.9 Å². The van der Waals surface area contributed by atoms with Crippen molar-refractivity contribution in [1.82, 2.24) is 25.3 Å². The molecule has 190 valence electrons. The highest BCUT2D eigenvalue weighted by Gasteiger charge is 2.24. The summed E-state index contributed by atoms with van der Waals surface area (Å²) in [5.41, 5.74) is 14.4. The van der Waals surface area contributed by atoms with Crippen molar-refractivity contribution < 1.29 is 14.0 Å². The van der Waals surface area contributed by atoms with Gasteiger partial charge in [0.25, 0.3) is 5.91 Å². The fraction of sp³-hybridized carbons (Fsp3) is 0.0741. The second-order valence-electron chi connectivity index (χ2n) is 8.49. The van der Waals surface area contributed by atoms with Crippen molar-refractivity contribution in [2.24, 2.45) is 5.73 Å². The summed E-state index contributed by atoms with van der Waals surface area (Å²) in [7, 11) is 0. The number of hydrogen-bond donors (Lipinski definition) is 4. The van der Waals surface area contributed by atoms with Gasteiger partial charge >= 0.3 is 0 Å². The number of halogens is 1. The van der Waals surface area contributed by atoms with Crippen molar-refractivity contribution in [3.63, 3.8) is 0 Å². The van der Waals surface area contributed by atoms with Gasteiger partial charge in [0.1, 0.15) is 17.7 Å². The highest BCUT2D eigenvalue weighted by Crippen LogP contribution is 2.25. The summed E-state index contributed by atoms with van der Waals surface area (Å²) in [6, 6.07) is 18.6. The molecule has 2 amide bonds. The van der Waals surface area contributed by atoms with Crippen LogP contribution in [0.5, 0.6) is 0 Å². The Kier molecular flexibility index (Phi) is 6.64. The maximum atomic E-state index is 13.6. The maximum absolute atomic E-state index is 13.6. The molecule has 0 saturated heterocycles. The van der Waals surface area contributed by atoms with Crippen LogP contribution in [-0.4, -0.2) is 44.3 Å². The van der Waals surface area contributed by atoms with Crippen LogP contribution in [0.4, 0.5) is 21.8 Å². The van der Waals surface area contributed by atoms with Crippen LogP contribution >= 0.6 is 0 Å². The maximum Gasteiger partial charge on any atom is 0.252 e. The first-order valence-corrected chi connectivity index (χ1v) is 11.6. The van der Waals surface area contributed by atoms with Crippen LogP contribution in [0, 0.1) is 5.82 Å². The van der Waals surface area contributed by atoms with Gasteiger partial charge in [0.15, 0.2) is 0 Å². The lowest BCUT2D eigenvalue weighted by atomic mass is 10.1. The Morgan fingerprint density at radius 2 is 1.82 bits per heavy atom. The molecule has 0 radical (unpaired) electrons. The number of anilines is 3. The number of nitrogens with one attached hydrogen (secondary N) is 2. The number of carbonyl (C=O) groups excluding carboxylic acids is 2. The largest absolute Gasteiger partial charge is 0.368 e. The quantitative estimate of drug-likeness (QED) is 0.250. The number of pyridine rings is 1. The molecule has 5 rings (SSSR count). The number of nitrogens with two attached hydrogens (primary N) is 2. The van der Waals surface area contributed by atoms with E-state index in [4.69, 9.17) is 11.5 Å². The number of carbonyl (C=O) groups is 2. The van der Waals surface area contributed by atoms with E-state index in [0.29, 0.717) is 28.5 Å². The first-order chi connectivity index (χ1) is 18.4. The van der Waals surface area contributed by atoms with Crippen molar-refractivity contribution in [1.29, 1.82) is 0 Å². The molecule has 2 aromatic carbocycles. The Morgan fingerprint density at radius 1 is 1.00 bits per heavy atom. The van der Waals surface area contributed by atoms with E-state index < -0.39 is 23.7 Å². The zero-order valence-corrected chi connectivity index (χ0v) is 20.0. The minimum atomic E-state index is -1.07.